The first-order valence-corrected chi connectivity index (χ1v) is 9.10. The van der Waals surface area contributed by atoms with Gasteiger partial charge in [-0.05, 0) is 42.3 Å². The summed E-state index contributed by atoms with van der Waals surface area (Å²) in [7, 11) is 6.70. The van der Waals surface area contributed by atoms with Crippen molar-refractivity contribution in [3.05, 3.63) is 68.9 Å². The zero-order valence-electron chi connectivity index (χ0n) is 16.9. The second kappa shape index (κ2) is 7.92. The Morgan fingerprint density at radius 3 is 2.38 bits per heavy atom. The van der Waals surface area contributed by atoms with E-state index in [1.165, 1.54) is 11.7 Å². The summed E-state index contributed by atoms with van der Waals surface area (Å²) in [5.41, 5.74) is 7.66. The van der Waals surface area contributed by atoms with E-state index in [9.17, 15) is 14.4 Å². The highest BCUT2D eigenvalue weighted by Crippen LogP contribution is 2.18. The van der Waals surface area contributed by atoms with Crippen molar-refractivity contribution in [2.75, 3.05) is 26.1 Å². The standard InChI is InChI=1S/C21H24N4O4/c1-23(2)15-9-10-18-16(12-15)19(26)25(21(28)24(18)3)14-7-5-13(6-8-14)11-17(22)20(27)29-4/h5-10,12,17H,11,22H2,1-4H3/t17-/m0/s1. The van der Waals surface area contributed by atoms with Crippen molar-refractivity contribution in [2.24, 2.45) is 12.8 Å². The third-order valence-corrected chi connectivity index (χ3v) is 4.92. The quantitative estimate of drug-likeness (QED) is 0.641. The van der Waals surface area contributed by atoms with Gasteiger partial charge in [-0.3, -0.25) is 14.2 Å². The second-order valence-electron chi connectivity index (χ2n) is 7.08. The number of rotatable bonds is 5. The minimum atomic E-state index is -0.772. The number of nitrogens with zero attached hydrogens (tertiary/aromatic N) is 3. The number of ether oxygens (including phenoxy) is 1. The molecule has 2 N–H and O–H groups in total. The van der Waals surface area contributed by atoms with Crippen molar-refractivity contribution >= 4 is 22.6 Å². The Hall–Kier alpha value is -3.39. The molecule has 3 aromatic rings. The van der Waals surface area contributed by atoms with Gasteiger partial charge < -0.3 is 15.4 Å². The summed E-state index contributed by atoms with van der Waals surface area (Å²) in [6, 6.07) is 11.5. The molecule has 1 heterocycles. The van der Waals surface area contributed by atoms with Crippen LogP contribution in [0.5, 0.6) is 0 Å². The second-order valence-corrected chi connectivity index (χ2v) is 7.08. The predicted molar refractivity (Wildman–Crippen MR) is 113 cm³/mol. The Bertz CT molecular complexity index is 1180. The van der Waals surface area contributed by atoms with E-state index < -0.39 is 17.7 Å². The van der Waals surface area contributed by atoms with Gasteiger partial charge in [-0.25, -0.2) is 9.36 Å². The van der Waals surface area contributed by atoms with Gasteiger partial charge in [-0.1, -0.05) is 12.1 Å². The van der Waals surface area contributed by atoms with Gasteiger partial charge in [0.2, 0.25) is 0 Å². The van der Waals surface area contributed by atoms with E-state index in [0.717, 1.165) is 15.8 Å². The first-order chi connectivity index (χ1) is 13.7. The maximum absolute atomic E-state index is 13.1. The SMILES string of the molecule is COC(=O)[C@@H](N)Cc1ccc(-n2c(=O)c3cc(N(C)C)ccc3n(C)c2=O)cc1. The molecule has 2 aromatic carbocycles. The van der Waals surface area contributed by atoms with Crippen molar-refractivity contribution in [2.45, 2.75) is 12.5 Å². The molecule has 0 fully saturated rings. The molecule has 29 heavy (non-hydrogen) atoms. The van der Waals surface area contributed by atoms with E-state index in [2.05, 4.69) is 4.74 Å². The molecule has 0 aliphatic carbocycles. The number of hydrogen-bond donors (Lipinski definition) is 1. The monoisotopic (exact) mass is 396 g/mol. The fourth-order valence-corrected chi connectivity index (χ4v) is 3.22. The van der Waals surface area contributed by atoms with Crippen LogP contribution in [-0.4, -0.2) is 42.4 Å². The van der Waals surface area contributed by atoms with Crippen molar-refractivity contribution in [3.63, 3.8) is 0 Å². The molecule has 3 rings (SSSR count). The third-order valence-electron chi connectivity index (χ3n) is 4.92. The van der Waals surface area contributed by atoms with Crippen LogP contribution in [0, 0.1) is 0 Å². The van der Waals surface area contributed by atoms with Gasteiger partial charge in [-0.15, -0.1) is 0 Å². The Balaban J connectivity index is 2.09. The summed E-state index contributed by atoms with van der Waals surface area (Å²) < 4.78 is 7.23. The first-order valence-electron chi connectivity index (χ1n) is 9.10. The number of benzene rings is 2. The molecule has 8 heteroatoms. The van der Waals surface area contributed by atoms with Gasteiger partial charge >= 0.3 is 11.7 Å². The van der Waals surface area contributed by atoms with Crippen LogP contribution < -0.4 is 21.9 Å². The molecule has 1 atom stereocenters. The Morgan fingerprint density at radius 1 is 1.14 bits per heavy atom. The van der Waals surface area contributed by atoms with Crippen LogP contribution in [0.3, 0.4) is 0 Å². The van der Waals surface area contributed by atoms with Gasteiger partial charge in [0, 0.05) is 26.8 Å². The maximum atomic E-state index is 13.1. The number of methoxy groups -OCH3 is 1. The molecular formula is C21H24N4O4. The molecule has 0 amide bonds. The van der Waals surface area contributed by atoms with Crippen LogP contribution in [-0.2, 0) is 23.0 Å². The fourth-order valence-electron chi connectivity index (χ4n) is 3.22. The van der Waals surface area contributed by atoms with Crippen LogP contribution in [0.25, 0.3) is 16.6 Å². The summed E-state index contributed by atoms with van der Waals surface area (Å²) in [5.74, 6) is -0.495. The molecule has 0 saturated heterocycles. The molecule has 0 radical (unpaired) electrons. The number of carbonyl (C=O) groups excluding carboxylic acids is 1. The molecule has 1 aromatic heterocycles. The van der Waals surface area contributed by atoms with E-state index in [-0.39, 0.29) is 5.56 Å². The molecular weight excluding hydrogens is 372 g/mol. The zero-order valence-corrected chi connectivity index (χ0v) is 16.9. The highest BCUT2D eigenvalue weighted by Gasteiger charge is 2.16. The minimum Gasteiger partial charge on any atom is -0.468 e. The number of hydrogen-bond acceptors (Lipinski definition) is 6. The number of carbonyl (C=O) groups is 1. The lowest BCUT2D eigenvalue weighted by Crippen LogP contribution is -2.38. The number of aryl methyl sites for hydroxylation is 1. The van der Waals surface area contributed by atoms with Crippen molar-refractivity contribution in [3.8, 4) is 5.69 Å². The molecule has 8 nitrogen and oxygen atoms in total. The van der Waals surface area contributed by atoms with Crippen LogP contribution in [0.1, 0.15) is 5.56 Å². The Morgan fingerprint density at radius 2 is 1.79 bits per heavy atom. The largest absolute Gasteiger partial charge is 0.468 e. The molecule has 0 unspecified atom stereocenters. The van der Waals surface area contributed by atoms with E-state index in [1.807, 2.05) is 25.1 Å². The topological polar surface area (TPSA) is 99.6 Å². The number of anilines is 1. The average Bonchev–Trinajstić information content (AvgIpc) is 2.72. The number of nitrogens with two attached hydrogens (primary N) is 1. The molecule has 0 aliphatic rings. The summed E-state index contributed by atoms with van der Waals surface area (Å²) in [6.45, 7) is 0. The lowest BCUT2D eigenvalue weighted by molar-refractivity contribution is -0.142. The van der Waals surface area contributed by atoms with Gasteiger partial charge in [-0.2, -0.15) is 0 Å². The zero-order chi connectivity index (χ0) is 21.3. The van der Waals surface area contributed by atoms with Gasteiger partial charge in [0.25, 0.3) is 5.56 Å². The van der Waals surface area contributed by atoms with Crippen molar-refractivity contribution < 1.29 is 9.53 Å². The molecule has 152 valence electrons. The van der Waals surface area contributed by atoms with E-state index in [1.54, 1.807) is 43.4 Å². The van der Waals surface area contributed by atoms with Gasteiger partial charge in [0.15, 0.2) is 0 Å². The third kappa shape index (κ3) is 3.79. The summed E-state index contributed by atoms with van der Waals surface area (Å²) in [5, 5.41) is 0.454. The smallest absolute Gasteiger partial charge is 0.335 e. The normalized spacial score (nSPS) is 12.0. The molecule has 0 bridgehead atoms. The summed E-state index contributed by atoms with van der Waals surface area (Å²) >= 11 is 0. The molecule has 0 saturated carbocycles. The van der Waals surface area contributed by atoms with Crippen LogP contribution in [0.2, 0.25) is 0 Å². The van der Waals surface area contributed by atoms with Gasteiger partial charge in [0.1, 0.15) is 6.04 Å². The number of esters is 1. The van der Waals surface area contributed by atoms with Crippen LogP contribution >= 0.6 is 0 Å². The van der Waals surface area contributed by atoms with Crippen LogP contribution in [0.15, 0.2) is 52.1 Å². The van der Waals surface area contributed by atoms with E-state index >= 15 is 0 Å². The van der Waals surface area contributed by atoms with Crippen molar-refractivity contribution in [1.29, 1.82) is 0 Å². The maximum Gasteiger partial charge on any atom is 0.335 e. The lowest BCUT2D eigenvalue weighted by atomic mass is 10.1. The Kier molecular flexibility index (Phi) is 5.56. The molecule has 0 spiro atoms. The minimum absolute atomic E-state index is 0.295. The van der Waals surface area contributed by atoms with Crippen LogP contribution in [0.4, 0.5) is 5.69 Å². The van der Waals surface area contributed by atoms with Gasteiger partial charge in [0.05, 0.1) is 23.7 Å². The van der Waals surface area contributed by atoms with Crippen molar-refractivity contribution in [1.82, 2.24) is 9.13 Å². The highest BCUT2D eigenvalue weighted by molar-refractivity contribution is 5.82. The van der Waals surface area contributed by atoms with E-state index in [4.69, 9.17) is 5.73 Å². The Labute approximate surface area is 167 Å². The fraction of sp³-hybridized carbons (Fsp3) is 0.286. The lowest BCUT2D eigenvalue weighted by Gasteiger charge is -2.15. The summed E-state index contributed by atoms with van der Waals surface area (Å²) in [4.78, 5) is 39.4. The summed E-state index contributed by atoms with van der Waals surface area (Å²) in [6.07, 6.45) is 0.295. The average molecular weight is 396 g/mol. The highest BCUT2D eigenvalue weighted by atomic mass is 16.5. The molecule has 0 aliphatic heterocycles. The predicted octanol–water partition coefficient (Wildman–Crippen LogP) is 0.798. The van der Waals surface area contributed by atoms with E-state index in [0.29, 0.717) is 23.0 Å². The first kappa shape index (κ1) is 20.3. The number of aromatic nitrogens is 2. The number of fused-ring (bicyclic) bond motifs is 1.